The van der Waals surface area contributed by atoms with Crippen LogP contribution in [0.1, 0.15) is 0 Å². The van der Waals surface area contributed by atoms with Gasteiger partial charge in [0, 0.05) is 7.11 Å². The van der Waals surface area contributed by atoms with Crippen LogP contribution in [-0.2, 0) is 37.9 Å². The zero-order valence-corrected chi connectivity index (χ0v) is 19.4. The minimum atomic E-state index is 0.525. The van der Waals surface area contributed by atoms with Crippen molar-refractivity contribution in [1.82, 2.24) is 0 Å². The first kappa shape index (κ1) is 28.7. The maximum absolute atomic E-state index is 5.53. The fourth-order valence-corrected chi connectivity index (χ4v) is 2.30. The highest BCUT2D eigenvalue weighted by Crippen LogP contribution is 2.07. The predicted molar refractivity (Wildman–Crippen MR) is 120 cm³/mol. The summed E-state index contributed by atoms with van der Waals surface area (Å²) >= 11 is 0. The molecule has 0 amide bonds. The first-order valence-electron chi connectivity index (χ1n) is 11.1. The van der Waals surface area contributed by atoms with Crippen LogP contribution < -0.4 is 4.74 Å². The Morgan fingerprint density at radius 2 is 0.719 bits per heavy atom. The lowest BCUT2D eigenvalue weighted by Crippen LogP contribution is -2.15. The monoisotopic (exact) mass is 460 g/mol. The maximum Gasteiger partial charge on any atom is 0.119 e. The number of benzene rings is 1. The Bertz CT molecular complexity index is 476. The van der Waals surface area contributed by atoms with E-state index in [-0.39, 0.29) is 0 Å². The first-order chi connectivity index (χ1) is 15.9. The van der Waals surface area contributed by atoms with Gasteiger partial charge < -0.3 is 42.6 Å². The zero-order valence-electron chi connectivity index (χ0n) is 19.4. The summed E-state index contributed by atoms with van der Waals surface area (Å²) in [5.41, 5.74) is 0. The number of hydrogen-bond acceptors (Lipinski definition) is 9. The van der Waals surface area contributed by atoms with Crippen molar-refractivity contribution < 1.29 is 42.6 Å². The summed E-state index contributed by atoms with van der Waals surface area (Å²) in [5.74, 6) is 0.849. The Labute approximate surface area is 192 Å². The van der Waals surface area contributed by atoms with Gasteiger partial charge in [-0.2, -0.15) is 0 Å². The van der Waals surface area contributed by atoms with Crippen LogP contribution in [0, 0.1) is 0 Å². The van der Waals surface area contributed by atoms with Gasteiger partial charge in [-0.05, 0) is 12.1 Å². The van der Waals surface area contributed by atoms with Gasteiger partial charge in [0.05, 0.1) is 99.1 Å². The number of ether oxygens (including phenoxy) is 9. The standard InChI is InChI=1S/C23H40O9/c1-24-7-8-25-9-10-26-11-12-27-13-14-28-15-16-29-17-18-30-19-20-31-21-22-32-23-5-3-2-4-6-23/h2-6H,7-22H2,1H3. The molecule has 1 aromatic rings. The number of rotatable bonds is 25. The molecule has 1 rings (SSSR count). The molecule has 0 fully saturated rings. The van der Waals surface area contributed by atoms with Crippen molar-refractivity contribution in [1.29, 1.82) is 0 Å². The molecule has 186 valence electrons. The Morgan fingerprint density at radius 3 is 1.06 bits per heavy atom. The molecule has 0 radical (unpaired) electrons. The molecule has 0 aliphatic carbocycles. The van der Waals surface area contributed by atoms with E-state index in [1.165, 1.54) is 0 Å². The van der Waals surface area contributed by atoms with Crippen molar-refractivity contribution in [2.24, 2.45) is 0 Å². The first-order valence-corrected chi connectivity index (χ1v) is 11.1. The lowest BCUT2D eigenvalue weighted by molar-refractivity contribution is -0.0227. The summed E-state index contributed by atoms with van der Waals surface area (Å²) in [6.07, 6.45) is 0. The van der Waals surface area contributed by atoms with Gasteiger partial charge in [0.1, 0.15) is 12.4 Å². The van der Waals surface area contributed by atoms with Crippen LogP contribution in [0.15, 0.2) is 30.3 Å². The second-order valence-corrected chi connectivity index (χ2v) is 6.44. The fourth-order valence-electron chi connectivity index (χ4n) is 2.30. The molecule has 1 aromatic carbocycles. The third-order valence-corrected chi connectivity index (χ3v) is 3.90. The third kappa shape index (κ3) is 20.6. The fraction of sp³-hybridized carbons (Fsp3) is 0.739. The van der Waals surface area contributed by atoms with Crippen LogP contribution in [0.4, 0.5) is 0 Å². The van der Waals surface area contributed by atoms with Crippen LogP contribution in [-0.4, -0.2) is 113 Å². The Morgan fingerprint density at radius 1 is 0.406 bits per heavy atom. The Balaban J connectivity index is 1.64. The van der Waals surface area contributed by atoms with E-state index in [0.717, 1.165) is 5.75 Å². The van der Waals surface area contributed by atoms with Crippen LogP contribution in [0.5, 0.6) is 5.75 Å². The SMILES string of the molecule is COCCOCCOCCOCCOCCOCCOCCOCCOc1ccccc1. The molecule has 9 heteroatoms. The molecule has 0 bridgehead atoms. The van der Waals surface area contributed by atoms with Crippen molar-refractivity contribution in [3.63, 3.8) is 0 Å². The normalized spacial score (nSPS) is 11.2. The molecule has 0 atom stereocenters. The van der Waals surface area contributed by atoms with E-state index in [2.05, 4.69) is 0 Å². The molecule has 32 heavy (non-hydrogen) atoms. The van der Waals surface area contributed by atoms with E-state index in [1.54, 1.807) is 7.11 Å². The average Bonchev–Trinajstić information content (AvgIpc) is 2.82. The smallest absolute Gasteiger partial charge is 0.119 e. The predicted octanol–water partition coefficient (Wildman–Crippen LogP) is 1.83. The molecule has 0 aliphatic rings. The van der Waals surface area contributed by atoms with Crippen molar-refractivity contribution in [2.75, 3.05) is 113 Å². The molecule has 0 saturated heterocycles. The summed E-state index contributed by atoms with van der Waals surface area (Å²) in [4.78, 5) is 0. The highest BCUT2D eigenvalue weighted by molar-refractivity contribution is 5.20. The second-order valence-electron chi connectivity index (χ2n) is 6.44. The summed E-state index contributed by atoms with van der Waals surface area (Å²) < 4.78 is 48.3. The molecular weight excluding hydrogens is 420 g/mol. The minimum Gasteiger partial charge on any atom is -0.491 e. The molecule has 0 N–H and O–H groups in total. The molecule has 0 unspecified atom stereocenters. The molecule has 0 heterocycles. The Hall–Kier alpha value is -1.30. The van der Waals surface area contributed by atoms with Crippen molar-refractivity contribution in [3.8, 4) is 5.75 Å². The minimum absolute atomic E-state index is 0.525. The summed E-state index contributed by atoms with van der Waals surface area (Å²) in [6.45, 7) is 8.72. The van der Waals surface area contributed by atoms with Crippen molar-refractivity contribution in [3.05, 3.63) is 30.3 Å². The molecule has 0 spiro atoms. The van der Waals surface area contributed by atoms with E-state index in [9.17, 15) is 0 Å². The van der Waals surface area contributed by atoms with Gasteiger partial charge >= 0.3 is 0 Å². The third-order valence-electron chi connectivity index (χ3n) is 3.90. The number of hydrogen-bond donors (Lipinski definition) is 0. The average molecular weight is 461 g/mol. The topological polar surface area (TPSA) is 83.1 Å². The summed E-state index contributed by atoms with van der Waals surface area (Å²) in [7, 11) is 1.65. The molecule has 0 aromatic heterocycles. The zero-order chi connectivity index (χ0) is 22.8. The van der Waals surface area contributed by atoms with Crippen LogP contribution in [0.3, 0.4) is 0 Å². The van der Waals surface area contributed by atoms with E-state index >= 15 is 0 Å². The van der Waals surface area contributed by atoms with E-state index in [4.69, 9.17) is 42.6 Å². The number of para-hydroxylation sites is 1. The van der Waals surface area contributed by atoms with Gasteiger partial charge in [-0.3, -0.25) is 0 Å². The Kier molecular flexibility index (Phi) is 21.9. The van der Waals surface area contributed by atoms with E-state index in [0.29, 0.717) is 106 Å². The molecule has 9 nitrogen and oxygen atoms in total. The van der Waals surface area contributed by atoms with Gasteiger partial charge in [-0.1, -0.05) is 18.2 Å². The summed E-state index contributed by atoms with van der Waals surface area (Å²) in [6, 6.07) is 9.68. The van der Waals surface area contributed by atoms with Crippen LogP contribution in [0.25, 0.3) is 0 Å². The highest BCUT2D eigenvalue weighted by atomic mass is 16.6. The number of methoxy groups -OCH3 is 1. The molecule has 0 aliphatic heterocycles. The largest absolute Gasteiger partial charge is 0.491 e. The molecular formula is C23H40O9. The quantitative estimate of drug-likeness (QED) is 0.203. The summed E-state index contributed by atoms with van der Waals surface area (Å²) in [5, 5.41) is 0. The van der Waals surface area contributed by atoms with Gasteiger partial charge in [0.25, 0.3) is 0 Å². The maximum atomic E-state index is 5.53. The second kappa shape index (κ2) is 24.3. The van der Waals surface area contributed by atoms with Gasteiger partial charge in [-0.15, -0.1) is 0 Å². The lowest BCUT2D eigenvalue weighted by atomic mass is 10.3. The van der Waals surface area contributed by atoms with Gasteiger partial charge in [0.2, 0.25) is 0 Å². The van der Waals surface area contributed by atoms with Crippen molar-refractivity contribution in [2.45, 2.75) is 0 Å². The lowest BCUT2D eigenvalue weighted by Gasteiger charge is -2.09. The van der Waals surface area contributed by atoms with Crippen molar-refractivity contribution >= 4 is 0 Å². The van der Waals surface area contributed by atoms with Crippen LogP contribution >= 0.6 is 0 Å². The molecule has 0 saturated carbocycles. The van der Waals surface area contributed by atoms with E-state index in [1.807, 2.05) is 30.3 Å². The van der Waals surface area contributed by atoms with Gasteiger partial charge in [0.15, 0.2) is 0 Å². The van der Waals surface area contributed by atoms with Gasteiger partial charge in [-0.25, -0.2) is 0 Å². The highest BCUT2D eigenvalue weighted by Gasteiger charge is 1.95. The van der Waals surface area contributed by atoms with E-state index < -0.39 is 0 Å². The van der Waals surface area contributed by atoms with Crippen LogP contribution in [0.2, 0.25) is 0 Å².